The maximum absolute atomic E-state index is 12.7. The van der Waals surface area contributed by atoms with Gasteiger partial charge in [0.2, 0.25) is 0 Å². The molecule has 0 radical (unpaired) electrons. The zero-order chi connectivity index (χ0) is 17.9. The van der Waals surface area contributed by atoms with Crippen molar-refractivity contribution >= 4 is 16.1 Å². The third-order valence-corrected chi connectivity index (χ3v) is 6.11. The largest absolute Gasteiger partial charge is 0.496 e. The Labute approximate surface area is 144 Å². The van der Waals surface area contributed by atoms with Gasteiger partial charge in [-0.3, -0.25) is 4.79 Å². The van der Waals surface area contributed by atoms with Crippen LogP contribution in [-0.2, 0) is 10.2 Å². The number of methoxy groups -OCH3 is 1. The number of carbonyl (C=O) groups is 1. The highest BCUT2D eigenvalue weighted by molar-refractivity contribution is 7.86. The van der Waals surface area contributed by atoms with Crippen LogP contribution in [0, 0.1) is 6.92 Å². The van der Waals surface area contributed by atoms with E-state index in [1.165, 1.54) is 22.7 Å². The highest BCUT2D eigenvalue weighted by atomic mass is 32.2. The van der Waals surface area contributed by atoms with Crippen molar-refractivity contribution in [2.75, 3.05) is 47.4 Å². The molecule has 1 fully saturated rings. The van der Waals surface area contributed by atoms with Gasteiger partial charge in [-0.15, -0.1) is 0 Å². The average Bonchev–Trinajstić information content (AvgIpc) is 2.80. The Hall–Kier alpha value is -1.64. The number of ether oxygens (including phenoxy) is 1. The van der Waals surface area contributed by atoms with Crippen molar-refractivity contribution in [3.8, 4) is 5.75 Å². The molecule has 0 aliphatic carbocycles. The van der Waals surface area contributed by atoms with E-state index in [0.717, 1.165) is 11.3 Å². The van der Waals surface area contributed by atoms with Crippen LogP contribution >= 0.6 is 0 Å². The quantitative estimate of drug-likeness (QED) is 0.807. The predicted molar refractivity (Wildman–Crippen MR) is 92.4 cm³/mol. The lowest BCUT2D eigenvalue weighted by Crippen LogP contribution is -2.42. The van der Waals surface area contributed by atoms with Crippen molar-refractivity contribution in [3.63, 3.8) is 0 Å². The number of carbonyl (C=O) groups excluding carboxylic acids is 1. The molecule has 24 heavy (non-hydrogen) atoms. The fourth-order valence-electron chi connectivity index (χ4n) is 2.75. The van der Waals surface area contributed by atoms with Gasteiger partial charge in [0.1, 0.15) is 5.75 Å². The Bertz CT molecular complexity index is 703. The van der Waals surface area contributed by atoms with Crippen LogP contribution in [0.2, 0.25) is 0 Å². The first-order valence-corrected chi connectivity index (χ1v) is 9.28. The minimum Gasteiger partial charge on any atom is -0.496 e. The lowest BCUT2D eigenvalue weighted by atomic mass is 10.1. The molecule has 0 unspecified atom stereocenters. The Morgan fingerprint density at radius 3 is 2.46 bits per heavy atom. The maximum Gasteiger partial charge on any atom is 0.281 e. The van der Waals surface area contributed by atoms with Gasteiger partial charge < -0.3 is 9.64 Å². The van der Waals surface area contributed by atoms with Crippen LogP contribution in [0.15, 0.2) is 18.2 Å². The molecule has 2 rings (SSSR count). The molecule has 7 nitrogen and oxygen atoms in total. The van der Waals surface area contributed by atoms with Crippen LogP contribution in [0.4, 0.5) is 0 Å². The first kappa shape index (κ1) is 18.7. The SMILES string of the molecule is COc1ccc(C(=O)N2CCCN(S(=O)(=O)N(C)C)CC2)cc1C. The Morgan fingerprint density at radius 1 is 1.17 bits per heavy atom. The van der Waals surface area contributed by atoms with E-state index in [9.17, 15) is 13.2 Å². The summed E-state index contributed by atoms with van der Waals surface area (Å²) in [5.74, 6) is 0.663. The number of aryl methyl sites for hydroxylation is 1. The fourth-order valence-corrected chi connectivity index (χ4v) is 3.89. The number of benzene rings is 1. The minimum absolute atomic E-state index is 0.0788. The highest BCUT2D eigenvalue weighted by Gasteiger charge is 2.28. The van der Waals surface area contributed by atoms with Crippen LogP contribution in [-0.4, -0.2) is 75.2 Å². The van der Waals surface area contributed by atoms with Gasteiger partial charge in [-0.2, -0.15) is 17.0 Å². The van der Waals surface area contributed by atoms with E-state index in [-0.39, 0.29) is 5.91 Å². The lowest BCUT2D eigenvalue weighted by Gasteiger charge is -2.24. The molecule has 8 heteroatoms. The van der Waals surface area contributed by atoms with Gasteiger partial charge in [0.05, 0.1) is 7.11 Å². The van der Waals surface area contributed by atoms with Crippen molar-refractivity contribution < 1.29 is 17.9 Å². The van der Waals surface area contributed by atoms with Crippen LogP contribution in [0.5, 0.6) is 5.75 Å². The van der Waals surface area contributed by atoms with Gasteiger partial charge in [0.25, 0.3) is 16.1 Å². The first-order valence-electron chi connectivity index (χ1n) is 7.89. The molecule has 0 spiro atoms. The minimum atomic E-state index is -3.44. The van der Waals surface area contributed by atoms with E-state index in [4.69, 9.17) is 4.74 Å². The maximum atomic E-state index is 12.7. The molecule has 1 heterocycles. The second-order valence-electron chi connectivity index (χ2n) is 6.02. The van der Waals surface area contributed by atoms with Gasteiger partial charge in [-0.1, -0.05) is 0 Å². The molecule has 1 amide bonds. The molecule has 0 saturated carbocycles. The molecule has 1 aliphatic rings. The number of hydrogen-bond acceptors (Lipinski definition) is 4. The van der Waals surface area contributed by atoms with Gasteiger partial charge in [0.15, 0.2) is 0 Å². The normalized spacial score (nSPS) is 17.0. The molecule has 0 N–H and O–H groups in total. The molecule has 1 saturated heterocycles. The second kappa shape index (κ2) is 7.50. The van der Waals surface area contributed by atoms with Crippen molar-refractivity contribution in [3.05, 3.63) is 29.3 Å². The van der Waals surface area contributed by atoms with Crippen LogP contribution < -0.4 is 4.74 Å². The molecule has 0 bridgehead atoms. The summed E-state index contributed by atoms with van der Waals surface area (Å²) in [6.07, 6.45) is 0.619. The number of hydrogen-bond donors (Lipinski definition) is 0. The number of amides is 1. The monoisotopic (exact) mass is 355 g/mol. The summed E-state index contributed by atoms with van der Waals surface area (Å²) < 4.78 is 32.3. The number of rotatable bonds is 4. The van der Waals surface area contributed by atoms with Crippen molar-refractivity contribution in [2.24, 2.45) is 0 Å². The van der Waals surface area contributed by atoms with Crippen LogP contribution in [0.1, 0.15) is 22.3 Å². The Kier molecular flexibility index (Phi) is 5.84. The summed E-state index contributed by atoms with van der Waals surface area (Å²) in [4.78, 5) is 14.4. The Morgan fingerprint density at radius 2 is 1.88 bits per heavy atom. The predicted octanol–water partition coefficient (Wildman–Crippen LogP) is 0.958. The van der Waals surface area contributed by atoms with E-state index in [1.54, 1.807) is 30.2 Å². The topological polar surface area (TPSA) is 70.2 Å². The first-order chi connectivity index (χ1) is 11.3. The van der Waals surface area contributed by atoms with Gasteiger partial charge in [0, 0.05) is 45.8 Å². The number of nitrogens with zero attached hydrogens (tertiary/aromatic N) is 3. The third-order valence-electron chi connectivity index (χ3n) is 4.17. The third kappa shape index (κ3) is 3.88. The smallest absolute Gasteiger partial charge is 0.281 e. The molecule has 1 aromatic carbocycles. The summed E-state index contributed by atoms with van der Waals surface area (Å²) in [7, 11) is 1.19. The fraction of sp³-hybridized carbons (Fsp3) is 0.562. The van der Waals surface area contributed by atoms with Crippen molar-refractivity contribution in [2.45, 2.75) is 13.3 Å². The zero-order valence-corrected chi connectivity index (χ0v) is 15.5. The van der Waals surface area contributed by atoms with E-state index < -0.39 is 10.2 Å². The lowest BCUT2D eigenvalue weighted by molar-refractivity contribution is 0.0764. The van der Waals surface area contributed by atoms with E-state index in [1.807, 2.05) is 6.92 Å². The summed E-state index contributed by atoms with van der Waals surface area (Å²) in [6.45, 7) is 3.55. The van der Waals surface area contributed by atoms with Gasteiger partial charge >= 0.3 is 0 Å². The van der Waals surface area contributed by atoms with E-state index in [0.29, 0.717) is 38.2 Å². The molecule has 134 valence electrons. The average molecular weight is 355 g/mol. The summed E-state index contributed by atoms with van der Waals surface area (Å²) in [5.41, 5.74) is 1.49. The van der Waals surface area contributed by atoms with Crippen molar-refractivity contribution in [1.29, 1.82) is 0 Å². The summed E-state index contributed by atoms with van der Waals surface area (Å²) in [6, 6.07) is 5.33. The van der Waals surface area contributed by atoms with Crippen LogP contribution in [0.3, 0.4) is 0 Å². The molecule has 1 aliphatic heterocycles. The molecule has 1 aromatic rings. The molecule has 0 atom stereocenters. The second-order valence-corrected chi connectivity index (χ2v) is 8.16. The zero-order valence-electron chi connectivity index (χ0n) is 14.7. The van der Waals surface area contributed by atoms with Crippen molar-refractivity contribution in [1.82, 2.24) is 13.5 Å². The van der Waals surface area contributed by atoms with Gasteiger partial charge in [-0.25, -0.2) is 0 Å². The standard InChI is InChI=1S/C16H25N3O4S/c1-13-12-14(6-7-15(13)23-4)16(20)18-8-5-9-19(11-10-18)24(21,22)17(2)3/h6-7,12H,5,8-11H2,1-4H3. The van der Waals surface area contributed by atoms with Crippen LogP contribution in [0.25, 0.3) is 0 Å². The summed E-state index contributed by atoms with van der Waals surface area (Å²) >= 11 is 0. The molecule has 0 aromatic heterocycles. The summed E-state index contributed by atoms with van der Waals surface area (Å²) in [5, 5.41) is 0. The molecular formula is C16H25N3O4S. The molecular weight excluding hydrogens is 330 g/mol. The van der Waals surface area contributed by atoms with E-state index in [2.05, 4.69) is 0 Å². The highest BCUT2D eigenvalue weighted by Crippen LogP contribution is 2.20. The van der Waals surface area contributed by atoms with Gasteiger partial charge in [-0.05, 0) is 37.1 Å². The van der Waals surface area contributed by atoms with E-state index >= 15 is 0 Å². The Balaban J connectivity index is 2.11.